The van der Waals surface area contributed by atoms with Crippen molar-refractivity contribution in [3.63, 3.8) is 0 Å². The molecular weight excluding hydrogens is 492 g/mol. The first kappa shape index (κ1) is 27.5. The Morgan fingerprint density at radius 2 is 1.81 bits per heavy atom. The van der Waals surface area contributed by atoms with E-state index in [1.807, 2.05) is 31.2 Å². The molecule has 10 nitrogen and oxygen atoms in total. The van der Waals surface area contributed by atoms with E-state index < -0.39 is 11.9 Å². The summed E-state index contributed by atoms with van der Waals surface area (Å²) in [4.78, 5) is 56.0. The average Bonchev–Trinajstić information content (AvgIpc) is 3.31. The number of fused-ring (bicyclic) bond motifs is 1. The second-order valence-corrected chi connectivity index (χ2v) is 9.54. The first-order valence-electron chi connectivity index (χ1n) is 11.8. The van der Waals surface area contributed by atoms with E-state index in [2.05, 4.69) is 15.6 Å². The van der Waals surface area contributed by atoms with Gasteiger partial charge in [0.25, 0.3) is 0 Å². The van der Waals surface area contributed by atoms with Gasteiger partial charge in [0.1, 0.15) is 5.84 Å². The molecule has 0 aliphatic rings. The van der Waals surface area contributed by atoms with Gasteiger partial charge in [-0.3, -0.25) is 24.6 Å². The number of benzene rings is 2. The van der Waals surface area contributed by atoms with Crippen molar-refractivity contribution < 1.29 is 19.2 Å². The molecule has 0 bridgehead atoms. The Bertz CT molecular complexity index is 1270. The Balaban J connectivity index is 1.81. The number of amides is 3. The molecule has 1 aromatic heterocycles. The zero-order valence-corrected chi connectivity index (χ0v) is 21.6. The van der Waals surface area contributed by atoms with Gasteiger partial charge < -0.3 is 21.3 Å². The van der Waals surface area contributed by atoms with E-state index >= 15 is 0 Å². The van der Waals surface area contributed by atoms with Gasteiger partial charge >= 0.3 is 0 Å². The molecule has 1 atom stereocenters. The van der Waals surface area contributed by atoms with Crippen molar-refractivity contribution >= 4 is 50.9 Å². The highest BCUT2D eigenvalue weighted by molar-refractivity contribution is 7.20. The summed E-state index contributed by atoms with van der Waals surface area (Å²) in [5.74, 6) is -1.63. The number of nitrogens with two attached hydrogens (primary N) is 1. The van der Waals surface area contributed by atoms with Gasteiger partial charge in [0, 0.05) is 25.5 Å². The first-order valence-corrected chi connectivity index (χ1v) is 12.6. The van der Waals surface area contributed by atoms with Crippen molar-refractivity contribution in [2.24, 2.45) is 5.73 Å². The number of hydrogen-bond acceptors (Lipinski definition) is 7. The second-order valence-electron chi connectivity index (χ2n) is 8.51. The van der Waals surface area contributed by atoms with Gasteiger partial charge in [0.2, 0.25) is 23.5 Å². The van der Waals surface area contributed by atoms with Gasteiger partial charge in [-0.1, -0.05) is 43.3 Å². The number of Topliss-reactive ketones (excluding diaryl/α,β-unsaturated/α-hetero) is 1. The highest BCUT2D eigenvalue weighted by Crippen LogP contribution is 2.23. The van der Waals surface area contributed by atoms with E-state index in [4.69, 9.17) is 11.1 Å². The number of carbonyl (C=O) groups excluding carboxylic acids is 4. The molecule has 11 heteroatoms. The third-order valence-corrected chi connectivity index (χ3v) is 6.58. The third kappa shape index (κ3) is 7.68. The van der Waals surface area contributed by atoms with E-state index in [9.17, 15) is 19.2 Å². The number of nitrogens with zero attached hydrogens (tertiary/aromatic N) is 2. The van der Waals surface area contributed by atoms with Crippen molar-refractivity contribution in [1.82, 2.24) is 20.5 Å². The number of ketones is 1. The zero-order chi connectivity index (χ0) is 26.9. The van der Waals surface area contributed by atoms with Gasteiger partial charge in [-0.25, -0.2) is 4.98 Å². The Hall–Kier alpha value is -4.12. The van der Waals surface area contributed by atoms with E-state index in [1.54, 1.807) is 24.3 Å². The zero-order valence-electron chi connectivity index (χ0n) is 20.7. The highest BCUT2D eigenvalue weighted by Gasteiger charge is 2.27. The SMILES string of the molecule is CCCN(CC(=O)N[C@@H](Cc1ccc(C(=N)N)cc1)C(=O)c1nc2ccccc2s1)C(=O)CNC(C)=O. The van der Waals surface area contributed by atoms with Crippen LogP contribution in [0.5, 0.6) is 0 Å². The summed E-state index contributed by atoms with van der Waals surface area (Å²) in [5.41, 5.74) is 7.55. The molecule has 0 aliphatic carbocycles. The number of aromatic nitrogens is 1. The molecule has 5 N–H and O–H groups in total. The van der Waals surface area contributed by atoms with Crippen LogP contribution in [0.4, 0.5) is 0 Å². The average molecular weight is 523 g/mol. The maximum atomic E-state index is 13.5. The van der Waals surface area contributed by atoms with E-state index in [0.29, 0.717) is 24.0 Å². The van der Waals surface area contributed by atoms with Gasteiger partial charge in [0.05, 0.1) is 29.3 Å². The number of hydrogen-bond donors (Lipinski definition) is 4. The molecule has 0 aliphatic heterocycles. The summed E-state index contributed by atoms with van der Waals surface area (Å²) in [5, 5.41) is 13.1. The van der Waals surface area contributed by atoms with Crippen LogP contribution in [0.25, 0.3) is 10.2 Å². The van der Waals surface area contributed by atoms with E-state index in [0.717, 1.165) is 10.3 Å². The van der Waals surface area contributed by atoms with Crippen molar-refractivity contribution in [2.75, 3.05) is 19.6 Å². The summed E-state index contributed by atoms with van der Waals surface area (Å²) >= 11 is 1.25. The number of para-hydroxylation sites is 1. The molecule has 2 aromatic carbocycles. The van der Waals surface area contributed by atoms with Gasteiger partial charge in [0.15, 0.2) is 5.01 Å². The lowest BCUT2D eigenvalue weighted by Gasteiger charge is -2.23. The lowest BCUT2D eigenvalue weighted by atomic mass is 10.0. The summed E-state index contributed by atoms with van der Waals surface area (Å²) < 4.78 is 0.861. The molecular formula is C26H30N6O4S. The van der Waals surface area contributed by atoms with Crippen molar-refractivity contribution in [3.8, 4) is 0 Å². The monoisotopic (exact) mass is 522 g/mol. The summed E-state index contributed by atoms with van der Waals surface area (Å²) in [6.07, 6.45) is 0.807. The van der Waals surface area contributed by atoms with E-state index in [1.165, 1.54) is 23.2 Å². The van der Waals surface area contributed by atoms with Crippen LogP contribution in [0.3, 0.4) is 0 Å². The van der Waals surface area contributed by atoms with Crippen molar-refractivity contribution in [2.45, 2.75) is 32.7 Å². The Morgan fingerprint density at radius 3 is 2.43 bits per heavy atom. The lowest BCUT2D eigenvalue weighted by molar-refractivity contribution is -0.136. The van der Waals surface area contributed by atoms with E-state index in [-0.39, 0.29) is 48.0 Å². The molecule has 194 valence electrons. The quantitative estimate of drug-likeness (QED) is 0.161. The van der Waals surface area contributed by atoms with Crippen LogP contribution in [-0.2, 0) is 20.8 Å². The smallest absolute Gasteiger partial charge is 0.242 e. The summed E-state index contributed by atoms with van der Waals surface area (Å²) in [6.45, 7) is 3.05. The van der Waals surface area contributed by atoms with Gasteiger partial charge in [-0.2, -0.15) is 0 Å². The van der Waals surface area contributed by atoms with Crippen LogP contribution < -0.4 is 16.4 Å². The third-order valence-electron chi connectivity index (χ3n) is 5.53. The number of nitrogens with one attached hydrogen (secondary N) is 3. The molecule has 0 fully saturated rings. The predicted octanol–water partition coefficient (Wildman–Crippen LogP) is 1.87. The maximum Gasteiger partial charge on any atom is 0.242 e. The molecule has 0 saturated carbocycles. The molecule has 3 amide bonds. The number of carbonyl (C=O) groups is 4. The minimum atomic E-state index is -0.926. The van der Waals surface area contributed by atoms with Crippen LogP contribution in [0.1, 0.15) is 41.2 Å². The lowest BCUT2D eigenvalue weighted by Crippen LogP contribution is -2.49. The fourth-order valence-corrected chi connectivity index (χ4v) is 4.64. The van der Waals surface area contributed by atoms with Crippen LogP contribution >= 0.6 is 11.3 Å². The van der Waals surface area contributed by atoms with Gasteiger partial charge in [-0.05, 0) is 24.1 Å². The predicted molar refractivity (Wildman–Crippen MR) is 143 cm³/mol. The molecule has 0 spiro atoms. The first-order chi connectivity index (χ1) is 17.7. The van der Waals surface area contributed by atoms with Crippen molar-refractivity contribution in [1.29, 1.82) is 5.41 Å². The fourth-order valence-electron chi connectivity index (χ4n) is 3.68. The molecule has 0 radical (unpaired) electrons. The van der Waals surface area contributed by atoms with Crippen LogP contribution in [0.2, 0.25) is 0 Å². The normalized spacial score (nSPS) is 11.5. The Morgan fingerprint density at radius 1 is 1.11 bits per heavy atom. The number of nitrogen functional groups attached to an aromatic ring is 1. The van der Waals surface area contributed by atoms with Crippen molar-refractivity contribution in [3.05, 3.63) is 64.7 Å². The van der Waals surface area contributed by atoms with Crippen LogP contribution in [-0.4, -0.2) is 64.9 Å². The summed E-state index contributed by atoms with van der Waals surface area (Å²) in [6, 6.07) is 13.3. The number of amidine groups is 1. The molecule has 1 heterocycles. The largest absolute Gasteiger partial charge is 0.384 e. The molecule has 3 rings (SSSR count). The van der Waals surface area contributed by atoms with Crippen LogP contribution in [0, 0.1) is 5.41 Å². The minimum absolute atomic E-state index is 0.0677. The van der Waals surface area contributed by atoms with Crippen LogP contribution in [0.15, 0.2) is 48.5 Å². The standard InChI is InChI=1S/C26H30N6O4S/c1-3-12-32(23(35)14-29-16(2)33)15-22(34)30-20(13-17-8-10-18(11-9-17)25(27)28)24(36)26-31-19-6-4-5-7-21(19)37-26/h4-11,20H,3,12-15H2,1-2H3,(H3,27,28)(H,29,33)(H,30,34)/t20-/m0/s1. The Kier molecular flexibility index (Phi) is 9.45. The van der Waals surface area contributed by atoms with Gasteiger partial charge in [-0.15, -0.1) is 11.3 Å². The Labute approximate surface area is 218 Å². The number of thiazole rings is 1. The maximum absolute atomic E-state index is 13.5. The summed E-state index contributed by atoms with van der Waals surface area (Å²) in [7, 11) is 0. The topological polar surface area (TPSA) is 158 Å². The molecule has 37 heavy (non-hydrogen) atoms. The fraction of sp³-hybridized carbons (Fsp3) is 0.308. The number of rotatable bonds is 12. The minimum Gasteiger partial charge on any atom is -0.384 e. The molecule has 3 aromatic rings. The highest BCUT2D eigenvalue weighted by atomic mass is 32.1. The molecule has 0 saturated heterocycles. The molecule has 0 unspecified atom stereocenters. The second kappa shape index (κ2) is 12.7.